The number of ether oxygens (including phenoxy) is 1. The minimum Gasteiger partial charge on any atom is -0.733 e. The van der Waals surface area contributed by atoms with Gasteiger partial charge < -0.3 is 20.5 Å². The average Bonchev–Trinajstić information content (AvgIpc) is 2.47. The number of carbonyl (C=O) groups excluding carboxylic acids is 1. The summed E-state index contributed by atoms with van der Waals surface area (Å²) in [7, 11) is 0. The zero-order valence-corrected chi connectivity index (χ0v) is 12.2. The van der Waals surface area contributed by atoms with Gasteiger partial charge in [0.1, 0.15) is 5.75 Å². The molecule has 0 spiro atoms. The van der Waals surface area contributed by atoms with E-state index in [1.165, 1.54) is 6.92 Å². The smallest absolute Gasteiger partial charge is 0.460 e. The Hall–Kier alpha value is -2.28. The van der Waals surface area contributed by atoms with Gasteiger partial charge in [0.05, 0.1) is 18.0 Å². The van der Waals surface area contributed by atoms with E-state index in [9.17, 15) is 40.7 Å². The van der Waals surface area contributed by atoms with E-state index in [4.69, 9.17) is 9.94 Å². The van der Waals surface area contributed by atoms with Gasteiger partial charge in [0.25, 0.3) is 0 Å². The number of alkyl halides is 7. The molecule has 0 aliphatic carbocycles. The second-order valence-corrected chi connectivity index (χ2v) is 4.49. The van der Waals surface area contributed by atoms with E-state index in [2.05, 4.69) is 0 Å². The van der Waals surface area contributed by atoms with Crippen molar-refractivity contribution in [3.8, 4) is 5.75 Å². The summed E-state index contributed by atoms with van der Waals surface area (Å²) in [5.74, 6) is -15.9. The maximum absolute atomic E-state index is 13.2. The zero-order chi connectivity index (χ0) is 19.6. The lowest BCUT2D eigenvalue weighted by Crippen LogP contribution is -2.57. The van der Waals surface area contributed by atoms with E-state index in [-0.39, 0.29) is 12.4 Å². The summed E-state index contributed by atoms with van der Waals surface area (Å²) in [5.41, 5.74) is -1.87. The second kappa shape index (κ2) is 6.92. The molecule has 0 saturated heterocycles. The van der Waals surface area contributed by atoms with Crippen LogP contribution in [-0.4, -0.2) is 35.7 Å². The van der Waals surface area contributed by atoms with Crippen LogP contribution in [-0.2, 0) is 4.79 Å². The van der Waals surface area contributed by atoms with Crippen LogP contribution in [0.1, 0.15) is 6.92 Å². The van der Waals surface area contributed by atoms with Crippen LogP contribution in [0, 0.1) is 5.21 Å². The Morgan fingerprint density at radius 1 is 1.24 bits per heavy atom. The van der Waals surface area contributed by atoms with Crippen LogP contribution >= 0.6 is 0 Å². The molecule has 1 aromatic rings. The van der Waals surface area contributed by atoms with Crippen LogP contribution in [0.5, 0.6) is 5.75 Å². The molecule has 0 bridgehead atoms. The first kappa shape index (κ1) is 20.8. The first-order valence-electron chi connectivity index (χ1n) is 6.32. The SMILES string of the molecule is CCOc1ccc(NC(=O)C(F)(F)C(F)(F)C(F)(F)F)c(N([O-])O)c1. The molecule has 0 heterocycles. The molecule has 0 saturated carbocycles. The van der Waals surface area contributed by atoms with Gasteiger partial charge in [-0.15, -0.1) is 0 Å². The van der Waals surface area contributed by atoms with E-state index >= 15 is 0 Å². The van der Waals surface area contributed by atoms with Gasteiger partial charge in [0.2, 0.25) is 0 Å². The maximum atomic E-state index is 13.2. The molecule has 1 rings (SSSR count). The van der Waals surface area contributed by atoms with Gasteiger partial charge in [-0.05, 0) is 19.1 Å². The Morgan fingerprint density at radius 2 is 1.80 bits per heavy atom. The summed E-state index contributed by atoms with van der Waals surface area (Å²) in [6.45, 7) is 1.62. The second-order valence-electron chi connectivity index (χ2n) is 4.49. The van der Waals surface area contributed by atoms with Gasteiger partial charge in [0, 0.05) is 6.07 Å². The van der Waals surface area contributed by atoms with E-state index in [1.54, 1.807) is 0 Å². The zero-order valence-electron chi connectivity index (χ0n) is 12.2. The highest BCUT2D eigenvalue weighted by atomic mass is 19.4. The summed E-state index contributed by atoms with van der Waals surface area (Å²) < 4.78 is 93.2. The van der Waals surface area contributed by atoms with Gasteiger partial charge in [-0.1, -0.05) is 0 Å². The van der Waals surface area contributed by atoms with Crippen LogP contribution in [0.25, 0.3) is 0 Å². The van der Waals surface area contributed by atoms with Crippen molar-refractivity contribution in [3.05, 3.63) is 23.4 Å². The molecule has 0 fully saturated rings. The highest BCUT2D eigenvalue weighted by Gasteiger charge is 2.76. The minimum absolute atomic E-state index is 0.0715. The lowest BCUT2D eigenvalue weighted by molar-refractivity contribution is -0.343. The molecule has 0 radical (unpaired) electrons. The minimum atomic E-state index is -6.70. The Bertz CT molecular complexity index is 634. The number of carbonyl (C=O) groups is 1. The fraction of sp³-hybridized carbons (Fsp3) is 0.417. The highest BCUT2D eigenvalue weighted by Crippen LogP contribution is 2.47. The number of halogens is 7. The van der Waals surface area contributed by atoms with Crippen molar-refractivity contribution in [1.82, 2.24) is 0 Å². The van der Waals surface area contributed by atoms with Crippen molar-refractivity contribution in [2.24, 2.45) is 0 Å². The molecule has 0 aliphatic heterocycles. The van der Waals surface area contributed by atoms with E-state index in [1.807, 2.05) is 0 Å². The highest BCUT2D eigenvalue weighted by molar-refractivity contribution is 5.99. The normalized spacial score (nSPS) is 12.7. The summed E-state index contributed by atoms with van der Waals surface area (Å²) >= 11 is 0. The Balaban J connectivity index is 3.19. The number of anilines is 2. The quantitative estimate of drug-likeness (QED) is 0.583. The van der Waals surface area contributed by atoms with E-state index < -0.39 is 40.5 Å². The van der Waals surface area contributed by atoms with Crippen LogP contribution < -0.4 is 15.3 Å². The first-order valence-corrected chi connectivity index (χ1v) is 6.32. The van der Waals surface area contributed by atoms with Gasteiger partial charge >= 0.3 is 23.9 Å². The third kappa shape index (κ3) is 4.04. The number of benzene rings is 1. The summed E-state index contributed by atoms with van der Waals surface area (Å²) in [5, 5.41) is 20.0. The fourth-order valence-corrected chi connectivity index (χ4v) is 1.55. The monoisotopic (exact) mass is 379 g/mol. The molecule has 142 valence electrons. The molecule has 25 heavy (non-hydrogen) atoms. The van der Waals surface area contributed by atoms with Gasteiger partial charge in [-0.3, -0.25) is 10.0 Å². The topological polar surface area (TPSA) is 84.9 Å². The lowest BCUT2D eigenvalue weighted by Gasteiger charge is -2.29. The standard InChI is InChI=1S/C12H10F7N2O4/c1-2-25-6-3-4-7(8(5-6)21(23)24)20-9(22)10(13,14)11(15,16)12(17,18)19/h3-5,23H,2H2,1H3,(H,20,22)/q-1. The third-order valence-corrected chi connectivity index (χ3v) is 2.77. The molecule has 1 amide bonds. The molecule has 13 heteroatoms. The van der Waals surface area contributed by atoms with Crippen LogP contribution in [0.2, 0.25) is 0 Å². The van der Waals surface area contributed by atoms with Gasteiger partial charge in [0.15, 0.2) is 0 Å². The fourth-order valence-electron chi connectivity index (χ4n) is 1.55. The molecule has 0 unspecified atom stereocenters. The van der Waals surface area contributed by atoms with Crippen molar-refractivity contribution in [1.29, 1.82) is 0 Å². The molecule has 0 aromatic heterocycles. The van der Waals surface area contributed by atoms with Crippen molar-refractivity contribution in [3.63, 3.8) is 0 Å². The van der Waals surface area contributed by atoms with E-state index in [0.717, 1.165) is 17.4 Å². The summed E-state index contributed by atoms with van der Waals surface area (Å²) in [6.07, 6.45) is -6.70. The first-order chi connectivity index (χ1) is 11.3. The van der Waals surface area contributed by atoms with Crippen LogP contribution in [0.4, 0.5) is 42.1 Å². The number of rotatable bonds is 6. The molecule has 2 N–H and O–H groups in total. The molecule has 0 aliphatic rings. The number of nitrogens with zero attached hydrogens (tertiary/aromatic N) is 1. The third-order valence-electron chi connectivity index (χ3n) is 2.77. The average molecular weight is 379 g/mol. The Morgan fingerprint density at radius 3 is 2.24 bits per heavy atom. The number of nitrogens with one attached hydrogen (secondary N) is 1. The Labute approximate surface area is 135 Å². The predicted molar refractivity (Wildman–Crippen MR) is 69.8 cm³/mol. The summed E-state index contributed by atoms with van der Waals surface area (Å²) in [4.78, 5) is 11.2. The van der Waals surface area contributed by atoms with Crippen molar-refractivity contribution < 1.29 is 45.5 Å². The molecule has 0 atom stereocenters. The molecule has 6 nitrogen and oxygen atoms in total. The van der Waals surface area contributed by atoms with Gasteiger partial charge in [-0.25, -0.2) is 0 Å². The van der Waals surface area contributed by atoms with Crippen LogP contribution in [0.3, 0.4) is 0 Å². The van der Waals surface area contributed by atoms with Gasteiger partial charge in [-0.2, -0.15) is 30.7 Å². The van der Waals surface area contributed by atoms with Crippen molar-refractivity contribution in [2.75, 3.05) is 17.2 Å². The number of amides is 1. The number of hydrogen-bond donors (Lipinski definition) is 2. The molecular formula is C12H10F7N2O4-. The van der Waals surface area contributed by atoms with E-state index in [0.29, 0.717) is 6.07 Å². The predicted octanol–water partition coefficient (Wildman–Crippen LogP) is 3.55. The largest absolute Gasteiger partial charge is 0.733 e. The molecule has 1 aromatic carbocycles. The summed E-state index contributed by atoms with van der Waals surface area (Å²) in [6, 6.07) is 2.43. The maximum Gasteiger partial charge on any atom is 0.460 e. The Kier molecular flexibility index (Phi) is 5.74. The lowest BCUT2D eigenvalue weighted by atomic mass is 10.1. The number of hydrogen-bond acceptors (Lipinski definition) is 5. The molecular weight excluding hydrogens is 369 g/mol. The van der Waals surface area contributed by atoms with Crippen molar-refractivity contribution >= 4 is 17.3 Å². The van der Waals surface area contributed by atoms with Crippen LogP contribution in [0.15, 0.2) is 18.2 Å². The van der Waals surface area contributed by atoms with Crippen molar-refractivity contribution in [2.45, 2.75) is 24.9 Å².